The molecule has 1 aliphatic carbocycles. The zero-order chi connectivity index (χ0) is 14.8. The molecule has 0 spiro atoms. The second-order valence-corrected chi connectivity index (χ2v) is 5.75. The Hall–Kier alpha value is -2.16. The molecular formula is C18H19NO2. The third-order valence-electron chi connectivity index (χ3n) is 4.25. The quantitative estimate of drug-likeness (QED) is 0.790. The summed E-state index contributed by atoms with van der Waals surface area (Å²) in [6.45, 7) is 2.73. The number of carbonyl (C=O) groups excluding carboxylic acids is 1. The molecule has 1 saturated carbocycles. The van der Waals surface area contributed by atoms with Crippen molar-refractivity contribution in [2.24, 2.45) is 0 Å². The van der Waals surface area contributed by atoms with Crippen LogP contribution >= 0.6 is 0 Å². The van der Waals surface area contributed by atoms with E-state index in [1.807, 2.05) is 41.8 Å². The monoisotopic (exact) mass is 281 g/mol. The summed E-state index contributed by atoms with van der Waals surface area (Å²) in [5.74, 6) is 0.656. The predicted octanol–water partition coefficient (Wildman–Crippen LogP) is 3.09. The lowest BCUT2D eigenvalue weighted by atomic mass is 10.1. The maximum absolute atomic E-state index is 12.1. The largest absolute Gasteiger partial charge is 0.312 e. The molecule has 1 aromatic carbocycles. The van der Waals surface area contributed by atoms with Crippen molar-refractivity contribution in [3.8, 4) is 0 Å². The minimum absolute atomic E-state index is 0.0708. The highest BCUT2D eigenvalue weighted by Crippen LogP contribution is 2.40. The van der Waals surface area contributed by atoms with E-state index in [2.05, 4.69) is 0 Å². The van der Waals surface area contributed by atoms with Gasteiger partial charge >= 0.3 is 0 Å². The second-order valence-electron chi connectivity index (χ2n) is 5.75. The zero-order valence-corrected chi connectivity index (χ0v) is 12.2. The third-order valence-corrected chi connectivity index (χ3v) is 4.25. The van der Waals surface area contributed by atoms with E-state index in [1.54, 1.807) is 6.07 Å². The van der Waals surface area contributed by atoms with Crippen molar-refractivity contribution in [2.75, 3.05) is 0 Å². The molecule has 3 rings (SSSR count). The Labute approximate surface area is 124 Å². The number of pyridine rings is 1. The Morgan fingerprint density at radius 2 is 1.86 bits per heavy atom. The number of hydrogen-bond acceptors (Lipinski definition) is 2. The highest BCUT2D eigenvalue weighted by Gasteiger charge is 2.26. The summed E-state index contributed by atoms with van der Waals surface area (Å²) in [6, 6.07) is 11.2. The van der Waals surface area contributed by atoms with E-state index in [9.17, 15) is 9.59 Å². The van der Waals surface area contributed by atoms with Crippen LogP contribution in [0.15, 0.2) is 41.2 Å². The average Bonchev–Trinajstić information content (AvgIpc) is 3.32. The van der Waals surface area contributed by atoms with Crippen molar-refractivity contribution in [1.29, 1.82) is 0 Å². The number of benzene rings is 1. The van der Waals surface area contributed by atoms with Gasteiger partial charge in [-0.3, -0.25) is 9.59 Å². The first-order valence-electron chi connectivity index (χ1n) is 7.43. The van der Waals surface area contributed by atoms with Gasteiger partial charge in [0, 0.05) is 23.9 Å². The molecule has 108 valence electrons. The fourth-order valence-corrected chi connectivity index (χ4v) is 2.80. The third kappa shape index (κ3) is 2.97. The van der Waals surface area contributed by atoms with Gasteiger partial charge in [-0.1, -0.05) is 30.3 Å². The van der Waals surface area contributed by atoms with Crippen molar-refractivity contribution >= 4 is 6.29 Å². The van der Waals surface area contributed by atoms with Gasteiger partial charge in [0.1, 0.15) is 6.29 Å². The van der Waals surface area contributed by atoms with Gasteiger partial charge in [-0.25, -0.2) is 0 Å². The average molecular weight is 281 g/mol. The van der Waals surface area contributed by atoms with Crippen LogP contribution in [0.25, 0.3) is 0 Å². The highest BCUT2D eigenvalue weighted by atomic mass is 16.1. The van der Waals surface area contributed by atoms with Crippen molar-refractivity contribution < 1.29 is 4.79 Å². The van der Waals surface area contributed by atoms with Crippen LogP contribution in [0.1, 0.15) is 45.9 Å². The van der Waals surface area contributed by atoms with Crippen molar-refractivity contribution in [3.05, 3.63) is 69.1 Å². The molecule has 0 N–H and O–H groups in total. The number of hydrogen-bond donors (Lipinski definition) is 0. The lowest BCUT2D eigenvalue weighted by Crippen LogP contribution is -2.23. The molecule has 0 amide bonds. The van der Waals surface area contributed by atoms with Crippen LogP contribution in [0.2, 0.25) is 0 Å². The first kappa shape index (κ1) is 13.8. The molecule has 3 nitrogen and oxygen atoms in total. The van der Waals surface area contributed by atoms with Gasteiger partial charge in [0.2, 0.25) is 0 Å². The molecule has 0 atom stereocenters. The van der Waals surface area contributed by atoms with E-state index in [4.69, 9.17) is 0 Å². The molecular weight excluding hydrogens is 262 g/mol. The molecule has 1 aromatic heterocycles. The topological polar surface area (TPSA) is 39.1 Å². The van der Waals surface area contributed by atoms with Crippen LogP contribution in [0.4, 0.5) is 0 Å². The minimum Gasteiger partial charge on any atom is -0.312 e. The molecule has 2 aromatic rings. The van der Waals surface area contributed by atoms with Crippen LogP contribution in [0, 0.1) is 6.92 Å². The number of carbonyl (C=O) groups is 1. The Kier molecular flexibility index (Phi) is 3.74. The van der Waals surface area contributed by atoms with Crippen LogP contribution in [-0.4, -0.2) is 10.9 Å². The van der Waals surface area contributed by atoms with E-state index >= 15 is 0 Å². The lowest BCUT2D eigenvalue weighted by molar-refractivity contribution is 0.112. The van der Waals surface area contributed by atoms with Gasteiger partial charge in [-0.15, -0.1) is 0 Å². The van der Waals surface area contributed by atoms with Gasteiger partial charge in [0.15, 0.2) is 0 Å². The molecule has 0 radical (unpaired) electrons. The van der Waals surface area contributed by atoms with Gasteiger partial charge in [-0.2, -0.15) is 0 Å². The summed E-state index contributed by atoms with van der Waals surface area (Å²) in [6.07, 6.45) is 4.13. The molecule has 3 heteroatoms. The van der Waals surface area contributed by atoms with Gasteiger partial charge in [0.25, 0.3) is 5.56 Å². The maximum Gasteiger partial charge on any atom is 0.250 e. The number of rotatable bonds is 5. The van der Waals surface area contributed by atoms with Gasteiger partial charge in [-0.05, 0) is 43.2 Å². The highest BCUT2D eigenvalue weighted by molar-refractivity contribution is 5.74. The van der Waals surface area contributed by atoms with Crippen molar-refractivity contribution in [3.63, 3.8) is 0 Å². The molecule has 1 heterocycles. The normalized spacial score (nSPS) is 14.1. The summed E-state index contributed by atoms with van der Waals surface area (Å²) < 4.78 is 1.88. The predicted molar refractivity (Wildman–Crippen MR) is 82.9 cm³/mol. The maximum atomic E-state index is 12.1. The molecule has 0 saturated heterocycles. The number of aromatic nitrogens is 1. The Morgan fingerprint density at radius 3 is 2.48 bits per heavy atom. The van der Waals surface area contributed by atoms with Gasteiger partial charge < -0.3 is 4.57 Å². The summed E-state index contributed by atoms with van der Waals surface area (Å²) in [7, 11) is 0. The second kappa shape index (κ2) is 5.68. The van der Waals surface area contributed by atoms with Crippen LogP contribution in [-0.2, 0) is 13.0 Å². The van der Waals surface area contributed by atoms with E-state index in [0.717, 1.165) is 24.0 Å². The zero-order valence-electron chi connectivity index (χ0n) is 12.2. The smallest absolute Gasteiger partial charge is 0.250 e. The number of aryl methyl sites for hydroxylation is 1. The summed E-state index contributed by atoms with van der Waals surface area (Å²) >= 11 is 0. The first-order valence-corrected chi connectivity index (χ1v) is 7.43. The molecule has 0 aliphatic heterocycles. The minimum atomic E-state index is 0.0708. The van der Waals surface area contributed by atoms with Gasteiger partial charge in [0.05, 0.1) is 0 Å². The molecule has 1 aliphatic rings. The van der Waals surface area contributed by atoms with E-state index in [-0.39, 0.29) is 5.56 Å². The van der Waals surface area contributed by atoms with Crippen LogP contribution in [0.3, 0.4) is 0 Å². The molecule has 1 fully saturated rings. The van der Waals surface area contributed by atoms with Crippen molar-refractivity contribution in [1.82, 2.24) is 4.57 Å². The SMILES string of the molecule is Cc1c(C2CC2)ccc(=O)n1CCc1ccc(C=O)cc1. The number of aldehydes is 1. The lowest BCUT2D eigenvalue weighted by Gasteiger charge is -2.13. The Morgan fingerprint density at radius 1 is 1.14 bits per heavy atom. The van der Waals surface area contributed by atoms with Crippen LogP contribution < -0.4 is 5.56 Å². The Balaban J connectivity index is 1.79. The van der Waals surface area contributed by atoms with E-state index < -0.39 is 0 Å². The summed E-state index contributed by atoms with van der Waals surface area (Å²) in [5.41, 5.74) is 4.33. The first-order chi connectivity index (χ1) is 10.2. The molecule has 21 heavy (non-hydrogen) atoms. The van der Waals surface area contributed by atoms with E-state index in [0.29, 0.717) is 18.0 Å². The Bertz CT molecular complexity index is 709. The summed E-state index contributed by atoms with van der Waals surface area (Å²) in [4.78, 5) is 22.7. The van der Waals surface area contributed by atoms with Crippen molar-refractivity contribution in [2.45, 2.75) is 38.6 Å². The molecule has 0 unspecified atom stereocenters. The fourth-order valence-electron chi connectivity index (χ4n) is 2.80. The van der Waals surface area contributed by atoms with Crippen LogP contribution in [0.5, 0.6) is 0 Å². The standard InChI is InChI=1S/C18H19NO2/c1-13-17(16-6-7-16)8-9-18(21)19(13)11-10-14-2-4-15(12-20)5-3-14/h2-5,8-9,12,16H,6-7,10-11H2,1H3. The summed E-state index contributed by atoms with van der Waals surface area (Å²) in [5, 5.41) is 0. The molecule has 0 bridgehead atoms. The van der Waals surface area contributed by atoms with E-state index in [1.165, 1.54) is 18.4 Å². The fraction of sp³-hybridized carbons (Fsp3) is 0.333. The number of nitrogens with zero attached hydrogens (tertiary/aromatic N) is 1.